The van der Waals surface area contributed by atoms with Gasteiger partial charge in [0.2, 0.25) is 0 Å². The van der Waals surface area contributed by atoms with Crippen molar-refractivity contribution < 1.29 is 4.79 Å². The Hall–Kier alpha value is -1.30. The molecule has 3 N–H and O–H groups in total. The third kappa shape index (κ3) is 3.37. The third-order valence-corrected chi connectivity index (χ3v) is 3.30. The number of rotatable bonds is 2. The lowest BCUT2D eigenvalue weighted by Crippen LogP contribution is -2.15. The van der Waals surface area contributed by atoms with Gasteiger partial charge < -0.3 is 11.1 Å². The quantitative estimate of drug-likeness (QED) is 0.850. The van der Waals surface area contributed by atoms with Crippen LogP contribution in [-0.4, -0.2) is 10.9 Å². The summed E-state index contributed by atoms with van der Waals surface area (Å²) in [6.45, 7) is 0. The lowest BCUT2D eigenvalue weighted by molar-refractivity contribution is 0.102. The monoisotopic (exact) mass is 359 g/mol. The van der Waals surface area contributed by atoms with Gasteiger partial charge in [0.15, 0.2) is 0 Å². The number of nitrogen functional groups attached to an aromatic ring is 1. The Kier molecular flexibility index (Phi) is 4.29. The van der Waals surface area contributed by atoms with Gasteiger partial charge in [0, 0.05) is 15.7 Å². The summed E-state index contributed by atoms with van der Waals surface area (Å²) < 4.78 is 0.657. The average Bonchev–Trinajstić information content (AvgIpc) is 2.36. The molecule has 0 radical (unpaired) electrons. The molecule has 1 amide bonds. The van der Waals surface area contributed by atoms with Crippen LogP contribution in [0.2, 0.25) is 10.0 Å². The van der Waals surface area contributed by atoms with E-state index in [1.54, 1.807) is 24.3 Å². The minimum absolute atomic E-state index is 0.138. The number of aromatic nitrogens is 1. The molecule has 2 aromatic rings. The largest absolute Gasteiger partial charge is 0.383 e. The van der Waals surface area contributed by atoms with Gasteiger partial charge in [-0.2, -0.15) is 0 Å². The molecule has 0 spiro atoms. The fraction of sp³-hybridized carbons (Fsp3) is 0. The molecular weight excluding hydrogens is 353 g/mol. The van der Waals surface area contributed by atoms with Crippen LogP contribution in [0.1, 0.15) is 10.4 Å². The Morgan fingerprint density at radius 3 is 2.79 bits per heavy atom. The number of carbonyl (C=O) groups excluding carboxylic acids is 1. The smallest absolute Gasteiger partial charge is 0.259 e. The fourth-order valence-corrected chi connectivity index (χ4v) is 2.08. The average molecular weight is 361 g/mol. The second-order valence-corrected chi connectivity index (χ2v) is 5.42. The summed E-state index contributed by atoms with van der Waals surface area (Å²) in [6, 6.07) is 6.37. The number of nitrogens with one attached hydrogen (secondary N) is 1. The van der Waals surface area contributed by atoms with E-state index in [4.69, 9.17) is 28.9 Å². The van der Waals surface area contributed by atoms with Gasteiger partial charge in [0.05, 0.1) is 16.3 Å². The zero-order chi connectivity index (χ0) is 14.0. The summed E-state index contributed by atoms with van der Waals surface area (Å²) in [5.41, 5.74) is 6.33. The number of hydrogen-bond donors (Lipinski definition) is 2. The molecule has 19 heavy (non-hydrogen) atoms. The van der Waals surface area contributed by atoms with Crippen molar-refractivity contribution in [3.05, 3.63) is 50.5 Å². The van der Waals surface area contributed by atoms with Crippen LogP contribution >= 0.6 is 39.1 Å². The lowest BCUT2D eigenvalue weighted by atomic mass is 10.2. The zero-order valence-corrected chi connectivity index (χ0v) is 12.6. The SMILES string of the molecule is Nc1ncc(Br)cc1C(=O)Nc1cc(Cl)ccc1Cl. The third-order valence-electron chi connectivity index (χ3n) is 2.31. The van der Waals surface area contributed by atoms with Gasteiger partial charge in [-0.05, 0) is 40.2 Å². The first-order valence-electron chi connectivity index (χ1n) is 5.15. The second kappa shape index (κ2) is 5.77. The van der Waals surface area contributed by atoms with Crippen LogP contribution in [0.4, 0.5) is 11.5 Å². The highest BCUT2D eigenvalue weighted by molar-refractivity contribution is 9.10. The van der Waals surface area contributed by atoms with Crippen LogP contribution in [0.5, 0.6) is 0 Å². The molecule has 1 heterocycles. The highest BCUT2D eigenvalue weighted by Crippen LogP contribution is 2.26. The predicted octanol–water partition coefficient (Wildman–Crippen LogP) is 3.99. The molecule has 0 atom stereocenters. The molecule has 7 heteroatoms. The van der Waals surface area contributed by atoms with E-state index < -0.39 is 5.91 Å². The summed E-state index contributed by atoms with van der Waals surface area (Å²) >= 11 is 15.0. The Balaban J connectivity index is 2.30. The van der Waals surface area contributed by atoms with Gasteiger partial charge in [-0.25, -0.2) is 4.98 Å². The van der Waals surface area contributed by atoms with Crippen molar-refractivity contribution in [2.24, 2.45) is 0 Å². The van der Waals surface area contributed by atoms with Crippen molar-refractivity contribution in [1.29, 1.82) is 0 Å². The molecule has 0 aliphatic heterocycles. The molecule has 98 valence electrons. The van der Waals surface area contributed by atoms with Crippen molar-refractivity contribution >= 4 is 56.5 Å². The Morgan fingerprint density at radius 2 is 2.05 bits per heavy atom. The summed E-state index contributed by atoms with van der Waals surface area (Å²) in [5.74, 6) is -0.269. The second-order valence-electron chi connectivity index (χ2n) is 3.66. The number of carbonyl (C=O) groups is 1. The van der Waals surface area contributed by atoms with E-state index in [1.807, 2.05) is 0 Å². The molecule has 1 aromatic heterocycles. The summed E-state index contributed by atoms with van der Waals surface area (Å²) in [7, 11) is 0. The van der Waals surface area contributed by atoms with Gasteiger partial charge in [0.25, 0.3) is 5.91 Å². The normalized spacial score (nSPS) is 10.3. The standard InChI is InChI=1S/C12H8BrCl2N3O/c13-6-3-8(11(16)17-5-6)12(19)18-10-4-7(14)1-2-9(10)15/h1-5H,(H2,16,17)(H,18,19). The molecule has 0 aliphatic rings. The van der Waals surface area contributed by atoms with Crippen LogP contribution < -0.4 is 11.1 Å². The lowest BCUT2D eigenvalue weighted by Gasteiger charge is -2.09. The highest BCUT2D eigenvalue weighted by atomic mass is 79.9. The first-order chi connectivity index (χ1) is 8.97. The van der Waals surface area contributed by atoms with Crippen LogP contribution in [0.25, 0.3) is 0 Å². The van der Waals surface area contributed by atoms with Crippen molar-refractivity contribution in [3.8, 4) is 0 Å². The van der Waals surface area contributed by atoms with Gasteiger partial charge in [-0.15, -0.1) is 0 Å². The van der Waals surface area contributed by atoms with Gasteiger partial charge in [-0.1, -0.05) is 23.2 Å². The van der Waals surface area contributed by atoms with Crippen LogP contribution in [0.15, 0.2) is 34.9 Å². The molecule has 0 saturated carbocycles. The number of nitrogens with zero attached hydrogens (tertiary/aromatic N) is 1. The van der Waals surface area contributed by atoms with Gasteiger partial charge in [0.1, 0.15) is 5.82 Å². The van der Waals surface area contributed by atoms with Crippen LogP contribution in [0, 0.1) is 0 Å². The van der Waals surface area contributed by atoms with Crippen molar-refractivity contribution in [2.45, 2.75) is 0 Å². The van der Waals surface area contributed by atoms with Crippen molar-refractivity contribution in [1.82, 2.24) is 4.98 Å². The first-order valence-corrected chi connectivity index (χ1v) is 6.69. The fourth-order valence-electron chi connectivity index (χ4n) is 1.41. The number of pyridine rings is 1. The number of amides is 1. The molecule has 0 unspecified atom stereocenters. The van der Waals surface area contributed by atoms with Crippen LogP contribution in [-0.2, 0) is 0 Å². The Morgan fingerprint density at radius 1 is 1.32 bits per heavy atom. The summed E-state index contributed by atoms with van der Waals surface area (Å²) in [6.07, 6.45) is 1.51. The summed E-state index contributed by atoms with van der Waals surface area (Å²) in [4.78, 5) is 16.0. The van der Waals surface area contributed by atoms with Crippen molar-refractivity contribution in [2.75, 3.05) is 11.1 Å². The number of benzene rings is 1. The van der Waals surface area contributed by atoms with E-state index in [9.17, 15) is 4.79 Å². The predicted molar refractivity (Wildman–Crippen MR) is 80.8 cm³/mol. The summed E-state index contributed by atoms with van der Waals surface area (Å²) in [5, 5.41) is 3.50. The Labute approximate surface area is 128 Å². The first kappa shape index (κ1) is 14.1. The molecule has 0 saturated heterocycles. The maximum atomic E-state index is 12.1. The molecule has 4 nitrogen and oxygen atoms in total. The van der Waals surface area contributed by atoms with Crippen molar-refractivity contribution in [3.63, 3.8) is 0 Å². The maximum Gasteiger partial charge on any atom is 0.259 e. The topological polar surface area (TPSA) is 68.0 Å². The van der Waals surface area contributed by atoms with E-state index in [0.29, 0.717) is 20.2 Å². The number of halogens is 3. The van der Waals surface area contributed by atoms with E-state index in [2.05, 4.69) is 26.2 Å². The van der Waals surface area contributed by atoms with Gasteiger partial charge >= 0.3 is 0 Å². The van der Waals surface area contributed by atoms with E-state index in [0.717, 1.165) is 0 Å². The molecule has 1 aromatic carbocycles. The number of anilines is 2. The van der Waals surface area contributed by atoms with E-state index in [1.165, 1.54) is 6.20 Å². The van der Waals surface area contributed by atoms with Crippen LogP contribution in [0.3, 0.4) is 0 Å². The molecular formula is C12H8BrCl2N3O. The van der Waals surface area contributed by atoms with Gasteiger partial charge in [-0.3, -0.25) is 4.79 Å². The molecule has 0 fully saturated rings. The Bertz CT molecular complexity index is 649. The zero-order valence-electron chi connectivity index (χ0n) is 9.45. The number of nitrogens with two attached hydrogens (primary N) is 1. The van der Waals surface area contributed by atoms with E-state index in [-0.39, 0.29) is 11.4 Å². The molecule has 2 rings (SSSR count). The molecule has 0 bridgehead atoms. The number of hydrogen-bond acceptors (Lipinski definition) is 3. The highest BCUT2D eigenvalue weighted by Gasteiger charge is 2.13. The maximum absolute atomic E-state index is 12.1. The minimum Gasteiger partial charge on any atom is -0.383 e. The van der Waals surface area contributed by atoms with E-state index >= 15 is 0 Å². The molecule has 0 aliphatic carbocycles. The minimum atomic E-state index is -0.407.